The fourth-order valence-corrected chi connectivity index (χ4v) is 10.7. The van der Waals surface area contributed by atoms with Gasteiger partial charge in [-0.25, -0.2) is 14.8 Å². The highest BCUT2D eigenvalue weighted by Crippen LogP contribution is 2.58. The predicted molar refractivity (Wildman–Crippen MR) is 176 cm³/mol. The normalized spacial score (nSPS) is 30.2. The molecule has 1 spiro atoms. The molecule has 7 aliphatic rings. The van der Waals surface area contributed by atoms with E-state index in [9.17, 15) is 27.9 Å². The number of carboxylic acids is 1. The zero-order valence-corrected chi connectivity index (χ0v) is 28.1. The second-order valence-electron chi connectivity index (χ2n) is 15.7. The lowest BCUT2D eigenvalue weighted by Gasteiger charge is -2.59. The molecule has 5 saturated carbocycles. The molecule has 2 aromatic rings. The molecule has 266 valence electrons. The maximum atomic E-state index is 14.7. The molecule has 1 aromatic heterocycles. The standard InChI is InChI=1S/C37H43F3N6O4/c38-37(39,40)31-28(32(47)44-36(33(48)49)24-15-22-14-23(17-24)18-25(36)16-22)20-42-34(43-31)46-21-35(8-2-1-3-9-35)29-19-27(4-5-30(29)46)50-26-6-11-45(12-7-26)13-10-41/h4-5,19-20,22-26H,1-3,6-9,11-18,21H2,(H,44,47)(H,48,49). The average Bonchev–Trinajstić information content (AvgIpc) is 3.39. The molecule has 0 atom stereocenters. The molecule has 0 radical (unpaired) electrons. The second-order valence-corrected chi connectivity index (χ2v) is 15.7. The van der Waals surface area contributed by atoms with Crippen LogP contribution in [-0.2, 0) is 16.4 Å². The second kappa shape index (κ2) is 12.4. The number of benzene rings is 1. The molecule has 10 nitrogen and oxygen atoms in total. The number of hydrogen-bond donors (Lipinski definition) is 2. The summed E-state index contributed by atoms with van der Waals surface area (Å²) in [5.74, 6) is -1.51. The Hall–Kier alpha value is -3.92. The molecule has 4 bridgehead atoms. The van der Waals surface area contributed by atoms with E-state index in [1.54, 1.807) is 4.90 Å². The van der Waals surface area contributed by atoms with Gasteiger partial charge in [0.15, 0.2) is 5.69 Å². The van der Waals surface area contributed by atoms with Crippen LogP contribution in [0.15, 0.2) is 24.4 Å². The minimum atomic E-state index is -4.98. The third-order valence-electron chi connectivity index (χ3n) is 12.9. The monoisotopic (exact) mass is 692 g/mol. The molecule has 9 rings (SSSR count). The Labute approximate surface area is 289 Å². The Morgan fingerprint density at radius 2 is 1.72 bits per heavy atom. The first-order valence-electron chi connectivity index (χ1n) is 18.2. The minimum Gasteiger partial charge on any atom is -0.490 e. The Morgan fingerprint density at radius 1 is 1.04 bits per heavy atom. The van der Waals surface area contributed by atoms with Gasteiger partial charge in [-0.1, -0.05) is 19.3 Å². The molecular formula is C37H43F3N6O4. The summed E-state index contributed by atoms with van der Waals surface area (Å²) in [5, 5.41) is 22.1. The number of aliphatic carboxylic acids is 1. The zero-order valence-electron chi connectivity index (χ0n) is 28.1. The molecule has 2 aliphatic heterocycles. The van der Waals surface area contributed by atoms with Gasteiger partial charge in [0, 0.05) is 36.9 Å². The van der Waals surface area contributed by atoms with Crippen molar-refractivity contribution in [2.75, 3.05) is 31.1 Å². The first-order valence-corrected chi connectivity index (χ1v) is 18.2. The number of anilines is 2. The number of hydrogen-bond acceptors (Lipinski definition) is 8. The summed E-state index contributed by atoms with van der Waals surface area (Å²) < 4.78 is 50.6. The van der Waals surface area contributed by atoms with E-state index < -0.39 is 34.8 Å². The van der Waals surface area contributed by atoms with Crippen LogP contribution in [0.25, 0.3) is 0 Å². The SMILES string of the molecule is N#CCN1CCC(Oc2ccc3c(c2)C2(CCCCC2)CN3c2ncc(C(=O)NC3(C(=O)O)C4CC5CC(C4)CC3C5)c(C(F)(F)F)n2)CC1. The van der Waals surface area contributed by atoms with E-state index in [1.807, 2.05) is 18.2 Å². The molecule has 2 N–H and O–H groups in total. The van der Waals surface area contributed by atoms with E-state index in [-0.39, 0.29) is 29.3 Å². The first-order chi connectivity index (χ1) is 24.0. The number of halogens is 3. The topological polar surface area (TPSA) is 132 Å². The third-order valence-corrected chi connectivity index (χ3v) is 12.9. The Morgan fingerprint density at radius 3 is 2.34 bits per heavy atom. The van der Waals surface area contributed by atoms with Crippen LogP contribution in [0.3, 0.4) is 0 Å². The molecule has 1 aromatic carbocycles. The number of fused-ring (bicyclic) bond motifs is 2. The average molecular weight is 693 g/mol. The first kappa shape index (κ1) is 33.2. The number of amides is 1. The number of rotatable bonds is 7. The van der Waals surface area contributed by atoms with Gasteiger partial charge in [-0.3, -0.25) is 9.69 Å². The molecule has 6 fully saturated rings. The highest BCUT2D eigenvalue weighted by atomic mass is 19.4. The van der Waals surface area contributed by atoms with Crippen LogP contribution < -0.4 is 15.0 Å². The number of likely N-dealkylation sites (tertiary alicyclic amines) is 1. The van der Waals surface area contributed by atoms with Crippen LogP contribution in [0.4, 0.5) is 24.8 Å². The van der Waals surface area contributed by atoms with Crippen LogP contribution in [0, 0.1) is 35.0 Å². The Kier molecular flexibility index (Phi) is 8.24. The third kappa shape index (κ3) is 5.58. The smallest absolute Gasteiger partial charge is 0.434 e. The number of nitrogens with one attached hydrogen (secondary N) is 1. The number of ether oxygens (including phenoxy) is 1. The largest absolute Gasteiger partial charge is 0.490 e. The van der Waals surface area contributed by atoms with E-state index in [1.165, 1.54) is 0 Å². The van der Waals surface area contributed by atoms with Crippen molar-refractivity contribution < 1.29 is 32.6 Å². The van der Waals surface area contributed by atoms with Gasteiger partial charge in [0.1, 0.15) is 17.4 Å². The Bertz CT molecular complexity index is 1680. The highest BCUT2D eigenvalue weighted by Gasteiger charge is 2.62. The van der Waals surface area contributed by atoms with E-state index in [2.05, 4.69) is 26.3 Å². The number of alkyl halides is 3. The molecule has 0 unspecified atom stereocenters. The molecule has 3 heterocycles. The fourth-order valence-electron chi connectivity index (χ4n) is 10.7. The lowest BCUT2D eigenvalue weighted by molar-refractivity contribution is -0.163. The summed E-state index contributed by atoms with van der Waals surface area (Å²) in [7, 11) is 0. The number of carbonyl (C=O) groups is 2. The van der Waals surface area contributed by atoms with E-state index in [0.717, 1.165) is 87.7 Å². The molecule has 1 amide bonds. The van der Waals surface area contributed by atoms with Gasteiger partial charge in [0.05, 0.1) is 18.2 Å². The zero-order chi connectivity index (χ0) is 34.8. The van der Waals surface area contributed by atoms with Crippen LogP contribution in [-0.4, -0.2) is 69.7 Å². The number of nitrogens with zero attached hydrogens (tertiary/aromatic N) is 5. The quantitative estimate of drug-likeness (QED) is 0.325. The summed E-state index contributed by atoms with van der Waals surface area (Å²) >= 11 is 0. The van der Waals surface area contributed by atoms with Crippen molar-refractivity contribution in [3.63, 3.8) is 0 Å². The molecule has 1 saturated heterocycles. The van der Waals surface area contributed by atoms with E-state index >= 15 is 0 Å². The molecule has 5 aliphatic carbocycles. The summed E-state index contributed by atoms with van der Waals surface area (Å²) in [6.07, 6.45) is 6.10. The summed E-state index contributed by atoms with van der Waals surface area (Å²) in [5.41, 5.74) is -2.27. The molecular weight excluding hydrogens is 649 g/mol. The predicted octanol–water partition coefficient (Wildman–Crippen LogP) is 6.23. The van der Waals surface area contributed by atoms with E-state index in [0.29, 0.717) is 50.6 Å². The number of piperidine rings is 1. The van der Waals surface area contributed by atoms with Crippen LogP contribution in [0.1, 0.15) is 98.7 Å². The summed E-state index contributed by atoms with van der Waals surface area (Å²) in [4.78, 5) is 38.8. The Balaban J connectivity index is 1.09. The van der Waals surface area contributed by atoms with Crippen LogP contribution >= 0.6 is 0 Å². The van der Waals surface area contributed by atoms with Crippen molar-refractivity contribution in [3.05, 3.63) is 41.2 Å². The van der Waals surface area contributed by atoms with Crippen molar-refractivity contribution in [1.82, 2.24) is 20.2 Å². The van der Waals surface area contributed by atoms with Crippen molar-refractivity contribution in [3.8, 4) is 11.8 Å². The highest BCUT2D eigenvalue weighted by molar-refractivity contribution is 5.99. The number of aromatic nitrogens is 2. The minimum absolute atomic E-state index is 0.0123. The van der Waals surface area contributed by atoms with Gasteiger partial charge < -0.3 is 20.1 Å². The maximum absolute atomic E-state index is 14.7. The van der Waals surface area contributed by atoms with Crippen LogP contribution in [0.2, 0.25) is 0 Å². The van der Waals surface area contributed by atoms with E-state index in [4.69, 9.17) is 10.00 Å². The fraction of sp³-hybridized carbons (Fsp3) is 0.649. The van der Waals surface area contributed by atoms with Crippen molar-refractivity contribution in [1.29, 1.82) is 5.26 Å². The number of nitriles is 1. The molecule has 13 heteroatoms. The van der Waals surface area contributed by atoms with Gasteiger partial charge >= 0.3 is 12.1 Å². The van der Waals surface area contributed by atoms with Gasteiger partial charge in [0.2, 0.25) is 5.95 Å². The maximum Gasteiger partial charge on any atom is 0.434 e. The van der Waals surface area contributed by atoms with Crippen molar-refractivity contribution >= 4 is 23.5 Å². The van der Waals surface area contributed by atoms with Crippen LogP contribution in [0.5, 0.6) is 5.75 Å². The number of carbonyl (C=O) groups excluding carboxylic acids is 1. The van der Waals surface area contributed by atoms with Gasteiger partial charge in [0.25, 0.3) is 5.91 Å². The molecule has 50 heavy (non-hydrogen) atoms. The van der Waals surface area contributed by atoms with Gasteiger partial charge in [-0.2, -0.15) is 18.4 Å². The van der Waals surface area contributed by atoms with Gasteiger partial charge in [-0.05, 0) is 105 Å². The van der Waals surface area contributed by atoms with Crippen molar-refractivity contribution in [2.24, 2.45) is 23.7 Å². The lowest BCUT2D eigenvalue weighted by atomic mass is 9.48. The summed E-state index contributed by atoms with van der Waals surface area (Å²) in [6.45, 7) is 2.38. The van der Waals surface area contributed by atoms with Crippen molar-refractivity contribution in [2.45, 2.75) is 100 Å². The lowest BCUT2D eigenvalue weighted by Crippen LogP contribution is -2.70. The van der Waals surface area contributed by atoms with Gasteiger partial charge in [-0.15, -0.1) is 0 Å². The summed E-state index contributed by atoms with van der Waals surface area (Å²) in [6, 6.07) is 7.95. The number of carboxylic acid groups (broad SMARTS) is 1.